The van der Waals surface area contributed by atoms with Gasteiger partial charge in [0.15, 0.2) is 13.4 Å². The Morgan fingerprint density at radius 1 is 1.30 bits per heavy atom. The lowest BCUT2D eigenvalue weighted by Gasteiger charge is -2.38. The molecule has 0 radical (unpaired) electrons. The number of rotatable bonds is 10. The van der Waals surface area contributed by atoms with E-state index >= 15 is 0 Å². The summed E-state index contributed by atoms with van der Waals surface area (Å²) in [5.74, 6) is -0.208. The lowest BCUT2D eigenvalue weighted by atomic mass is 10.0. The van der Waals surface area contributed by atoms with Crippen LogP contribution in [-0.4, -0.2) is 55.9 Å². The number of nitrogens with zero attached hydrogens (tertiary/aromatic N) is 3. The van der Waals surface area contributed by atoms with E-state index in [1.807, 2.05) is 23.2 Å². The van der Waals surface area contributed by atoms with Gasteiger partial charge < -0.3 is 20.0 Å². The average Bonchev–Trinajstić information content (AvgIpc) is 3.38. The zero-order valence-corrected chi connectivity index (χ0v) is 25.9. The lowest BCUT2D eigenvalue weighted by Crippen LogP contribution is -2.44. The molecule has 6 nitrogen and oxygen atoms in total. The molecule has 0 spiro atoms. The summed E-state index contributed by atoms with van der Waals surface area (Å²) < 4.78 is 6.64. The molecular weight excluding hydrogens is 543 g/mol. The highest BCUT2D eigenvalue weighted by molar-refractivity contribution is 7.15. The summed E-state index contributed by atoms with van der Waals surface area (Å²) in [7, 11) is -1.80. The third-order valence-corrected chi connectivity index (χ3v) is 14.4. The summed E-state index contributed by atoms with van der Waals surface area (Å²) in [6, 6.07) is 5.82. The molecule has 1 amide bonds. The second-order valence-electron chi connectivity index (χ2n) is 11.9. The number of hydrogen-bond donors (Lipinski definition) is 1. The molecule has 2 fully saturated rings. The fourth-order valence-electron chi connectivity index (χ4n) is 4.51. The van der Waals surface area contributed by atoms with Crippen molar-refractivity contribution in [1.29, 1.82) is 0 Å². The predicted octanol–water partition coefficient (Wildman–Crippen LogP) is 6.36. The van der Waals surface area contributed by atoms with Crippen LogP contribution in [0.25, 0.3) is 0 Å². The van der Waals surface area contributed by atoms with Gasteiger partial charge in [0.2, 0.25) is 5.91 Å². The predicted molar refractivity (Wildman–Crippen MR) is 157 cm³/mol. The maximum absolute atomic E-state index is 13.6. The molecule has 2 aliphatic rings. The number of hydrogen-bond acceptors (Lipinski definition) is 6. The molecular formula is C27H40Cl2N4O2SSi. The Bertz CT molecular complexity index is 1100. The quantitative estimate of drug-likeness (QED) is 0.330. The van der Waals surface area contributed by atoms with E-state index in [9.17, 15) is 4.79 Å². The first-order valence-electron chi connectivity index (χ1n) is 13.2. The van der Waals surface area contributed by atoms with E-state index in [0.29, 0.717) is 29.6 Å². The highest BCUT2D eigenvalue weighted by Crippen LogP contribution is 2.39. The second kappa shape index (κ2) is 11.5. The number of aromatic nitrogens is 1. The Hall–Kier alpha value is -1.16. The van der Waals surface area contributed by atoms with Crippen LogP contribution in [0.1, 0.15) is 50.5 Å². The van der Waals surface area contributed by atoms with Gasteiger partial charge in [0.1, 0.15) is 0 Å². The third-order valence-electron chi connectivity index (χ3n) is 7.95. The first-order valence-corrected chi connectivity index (χ1v) is 17.7. The van der Waals surface area contributed by atoms with E-state index in [0.717, 1.165) is 47.9 Å². The molecule has 204 valence electrons. The molecule has 2 heterocycles. The SMILES string of the molecule is CC(C)(C)[Si](C)(C)O[C@H]1CCN(c2ncc(C[C@H](CN)C(=O)N(Cc3cccc(Cl)c3Cl)C3CC3)s2)C1. The molecule has 0 bridgehead atoms. The van der Waals surface area contributed by atoms with Crippen molar-refractivity contribution in [3.8, 4) is 0 Å². The second-order valence-corrected chi connectivity index (χ2v) is 18.5. The number of nitrogens with two attached hydrogens (primary N) is 1. The number of carbonyl (C=O) groups excluding carboxylic acids is 1. The minimum Gasteiger partial charge on any atom is -0.412 e. The molecule has 10 heteroatoms. The summed E-state index contributed by atoms with van der Waals surface area (Å²) in [5, 5.41) is 2.23. The number of benzene rings is 1. The Kier molecular flexibility index (Phi) is 8.98. The normalized spacial score (nSPS) is 19.4. The van der Waals surface area contributed by atoms with Gasteiger partial charge >= 0.3 is 0 Å². The van der Waals surface area contributed by atoms with Crippen molar-refractivity contribution in [2.75, 3.05) is 24.5 Å². The van der Waals surface area contributed by atoms with Gasteiger partial charge in [-0.05, 0) is 55.4 Å². The Balaban J connectivity index is 1.39. The summed E-state index contributed by atoms with van der Waals surface area (Å²) in [4.78, 5) is 23.7. The van der Waals surface area contributed by atoms with Crippen LogP contribution in [0.15, 0.2) is 24.4 Å². The number of anilines is 1. The molecule has 1 aromatic heterocycles. The average molecular weight is 584 g/mol. The van der Waals surface area contributed by atoms with Gasteiger partial charge in [0, 0.05) is 43.3 Å². The number of halogens is 2. The smallest absolute Gasteiger partial charge is 0.227 e. The third kappa shape index (κ3) is 6.89. The molecule has 1 aliphatic carbocycles. The molecule has 4 rings (SSSR count). The van der Waals surface area contributed by atoms with Crippen molar-refractivity contribution in [3.05, 3.63) is 44.9 Å². The Morgan fingerprint density at radius 2 is 2.03 bits per heavy atom. The monoisotopic (exact) mass is 582 g/mol. The first kappa shape index (κ1) is 28.8. The highest BCUT2D eigenvalue weighted by atomic mass is 35.5. The number of amides is 1. The summed E-state index contributed by atoms with van der Waals surface area (Å²) in [6.07, 6.45) is 5.80. The summed E-state index contributed by atoms with van der Waals surface area (Å²) in [6.45, 7) is 14.0. The van der Waals surface area contributed by atoms with Crippen molar-refractivity contribution in [1.82, 2.24) is 9.88 Å². The fourth-order valence-corrected chi connectivity index (χ4v) is 7.29. The van der Waals surface area contributed by atoms with Crippen molar-refractivity contribution >= 4 is 53.9 Å². The molecule has 37 heavy (non-hydrogen) atoms. The number of carbonyl (C=O) groups is 1. The van der Waals surface area contributed by atoms with E-state index in [-0.39, 0.29) is 29.0 Å². The van der Waals surface area contributed by atoms with E-state index in [1.54, 1.807) is 17.4 Å². The van der Waals surface area contributed by atoms with Gasteiger partial charge in [-0.15, -0.1) is 11.3 Å². The Labute approximate surface area is 236 Å². The van der Waals surface area contributed by atoms with Gasteiger partial charge in [-0.3, -0.25) is 4.79 Å². The van der Waals surface area contributed by atoms with Crippen molar-refractivity contribution in [2.24, 2.45) is 11.7 Å². The lowest BCUT2D eigenvalue weighted by molar-refractivity contribution is -0.136. The van der Waals surface area contributed by atoms with Crippen LogP contribution in [0.2, 0.25) is 28.2 Å². The Morgan fingerprint density at radius 3 is 2.68 bits per heavy atom. The molecule has 1 saturated heterocycles. The first-order chi connectivity index (χ1) is 17.4. The molecule has 2 atom stereocenters. The van der Waals surface area contributed by atoms with Crippen LogP contribution in [0, 0.1) is 5.92 Å². The van der Waals surface area contributed by atoms with Crippen LogP contribution in [0.3, 0.4) is 0 Å². The molecule has 0 unspecified atom stereocenters. The molecule has 1 aromatic carbocycles. The molecule has 2 N–H and O–H groups in total. The van der Waals surface area contributed by atoms with Crippen LogP contribution in [-0.2, 0) is 22.2 Å². The van der Waals surface area contributed by atoms with Gasteiger partial charge in [-0.25, -0.2) is 4.98 Å². The molecule has 1 aliphatic heterocycles. The van der Waals surface area contributed by atoms with Gasteiger partial charge in [-0.1, -0.05) is 56.1 Å². The van der Waals surface area contributed by atoms with Crippen LogP contribution in [0.4, 0.5) is 5.13 Å². The highest BCUT2D eigenvalue weighted by Gasteiger charge is 2.41. The summed E-state index contributed by atoms with van der Waals surface area (Å²) in [5.41, 5.74) is 7.00. The molecule has 2 aromatic rings. The fraction of sp³-hybridized carbons (Fsp3) is 0.630. The van der Waals surface area contributed by atoms with Crippen molar-refractivity contribution < 1.29 is 9.22 Å². The standard InChI is InChI=1S/C27H40Cl2N4O2SSi/c1-27(2,3)37(4,5)35-21-11-12-32(17-21)26-31-15-22(36-26)13-19(14-30)25(34)33(20-9-10-20)16-18-7-6-8-23(28)24(18)29/h6-8,15,19-21H,9-14,16-17,30H2,1-5H3/t19-,21+/m1/s1. The summed E-state index contributed by atoms with van der Waals surface area (Å²) >= 11 is 14.3. The zero-order chi connectivity index (χ0) is 27.0. The van der Waals surface area contributed by atoms with Gasteiger partial charge in [0.05, 0.1) is 22.1 Å². The van der Waals surface area contributed by atoms with Crippen LogP contribution < -0.4 is 10.6 Å². The van der Waals surface area contributed by atoms with E-state index in [2.05, 4.69) is 38.8 Å². The van der Waals surface area contributed by atoms with Crippen LogP contribution in [0.5, 0.6) is 0 Å². The maximum Gasteiger partial charge on any atom is 0.227 e. The van der Waals surface area contributed by atoms with E-state index in [4.69, 9.17) is 38.3 Å². The topological polar surface area (TPSA) is 71.7 Å². The zero-order valence-electron chi connectivity index (χ0n) is 22.6. The molecule has 1 saturated carbocycles. The van der Waals surface area contributed by atoms with Crippen molar-refractivity contribution in [3.63, 3.8) is 0 Å². The number of thiazole rings is 1. The van der Waals surface area contributed by atoms with Crippen molar-refractivity contribution in [2.45, 2.75) is 83.3 Å². The minimum atomic E-state index is -1.80. The van der Waals surface area contributed by atoms with Gasteiger partial charge in [-0.2, -0.15) is 0 Å². The minimum absolute atomic E-state index is 0.0833. The maximum atomic E-state index is 13.6. The largest absolute Gasteiger partial charge is 0.412 e. The van der Waals surface area contributed by atoms with Gasteiger partial charge in [0.25, 0.3) is 0 Å². The van der Waals surface area contributed by atoms with E-state index < -0.39 is 8.32 Å². The van der Waals surface area contributed by atoms with Crippen LogP contribution >= 0.6 is 34.5 Å². The van der Waals surface area contributed by atoms with E-state index in [1.165, 1.54) is 0 Å².